The van der Waals surface area contributed by atoms with Gasteiger partial charge in [0.15, 0.2) is 0 Å². The zero-order valence-electron chi connectivity index (χ0n) is 42.3. The predicted molar refractivity (Wildman–Crippen MR) is 285 cm³/mol. The van der Waals surface area contributed by atoms with Crippen LogP contribution in [-0.2, 0) is 4.79 Å². The number of hydrogen-bond donors (Lipinski definition) is 3. The van der Waals surface area contributed by atoms with Crippen LogP contribution in [0.4, 0.5) is 0 Å². The third kappa shape index (κ3) is 50.3. The highest BCUT2D eigenvalue weighted by Crippen LogP contribution is 2.16. The molecule has 0 saturated heterocycles. The van der Waals surface area contributed by atoms with Crippen LogP contribution in [0.2, 0.25) is 0 Å². The van der Waals surface area contributed by atoms with Crippen LogP contribution < -0.4 is 5.32 Å². The minimum Gasteiger partial charge on any atom is -0.394 e. The standard InChI is InChI=1S/C60H105NO3/c1-3-5-7-9-11-13-15-17-19-21-23-24-25-26-27-28-29-30-31-32-33-34-35-36-38-39-41-43-45-47-49-51-53-55-59(63)58(57-62)61-60(64)56-54-52-50-48-46-44-42-40-37-22-20-18-16-14-12-10-8-6-4-2/h6,8,12,14,18,20,37-40,44-47,53,55,58-59,62-63H,3-5,7,9-11,13,15-17,19,21-36,41-43,48-52,54,56-57H2,1-2H3,(H,61,64)/b8-6-,14-12-,20-18-,39-38+,40-37-,46-44-,47-45+,55-53+. The summed E-state index contributed by atoms with van der Waals surface area (Å²) in [6.07, 6.45) is 81.5. The average molecular weight is 889 g/mol. The van der Waals surface area contributed by atoms with E-state index in [0.717, 1.165) is 83.5 Å². The fourth-order valence-corrected chi connectivity index (χ4v) is 7.88. The number of nitrogens with one attached hydrogen (secondary N) is 1. The molecule has 0 saturated carbocycles. The van der Waals surface area contributed by atoms with Gasteiger partial charge in [0.1, 0.15) is 0 Å². The van der Waals surface area contributed by atoms with Gasteiger partial charge >= 0.3 is 0 Å². The van der Waals surface area contributed by atoms with Crippen molar-refractivity contribution in [3.63, 3.8) is 0 Å². The smallest absolute Gasteiger partial charge is 0.220 e. The van der Waals surface area contributed by atoms with E-state index < -0.39 is 12.1 Å². The van der Waals surface area contributed by atoms with Crippen molar-refractivity contribution in [1.29, 1.82) is 0 Å². The van der Waals surface area contributed by atoms with Gasteiger partial charge in [-0.25, -0.2) is 0 Å². The van der Waals surface area contributed by atoms with E-state index in [0.29, 0.717) is 6.42 Å². The van der Waals surface area contributed by atoms with Crippen LogP contribution in [0, 0.1) is 0 Å². The van der Waals surface area contributed by atoms with Gasteiger partial charge in [-0.3, -0.25) is 4.79 Å². The van der Waals surface area contributed by atoms with Crippen LogP contribution in [0.15, 0.2) is 97.2 Å². The maximum absolute atomic E-state index is 12.4. The number of amides is 1. The van der Waals surface area contributed by atoms with Gasteiger partial charge in [-0.15, -0.1) is 0 Å². The second-order valence-corrected chi connectivity index (χ2v) is 18.2. The lowest BCUT2D eigenvalue weighted by Gasteiger charge is -2.19. The Morgan fingerprint density at radius 2 is 0.703 bits per heavy atom. The highest BCUT2D eigenvalue weighted by Gasteiger charge is 2.17. The number of allylic oxidation sites excluding steroid dienone is 15. The zero-order valence-corrected chi connectivity index (χ0v) is 42.3. The first-order valence-electron chi connectivity index (χ1n) is 27.5. The molecule has 2 atom stereocenters. The third-order valence-corrected chi connectivity index (χ3v) is 12.0. The number of aliphatic hydroxyl groups is 2. The van der Waals surface area contributed by atoms with Crippen molar-refractivity contribution < 1.29 is 15.0 Å². The molecule has 0 radical (unpaired) electrons. The van der Waals surface area contributed by atoms with E-state index in [1.54, 1.807) is 6.08 Å². The summed E-state index contributed by atoms with van der Waals surface area (Å²) in [5, 5.41) is 23.1. The number of hydrogen-bond acceptors (Lipinski definition) is 3. The molecule has 0 aromatic carbocycles. The fraction of sp³-hybridized carbons (Fsp3) is 0.717. The Labute approximate surface area is 398 Å². The molecule has 64 heavy (non-hydrogen) atoms. The molecule has 3 N–H and O–H groups in total. The van der Waals surface area contributed by atoms with E-state index in [4.69, 9.17) is 0 Å². The number of rotatable bonds is 49. The SMILES string of the molecule is CC/C=C\C/C=C\C/C=C\C/C=C\C/C=C\CCCCCC(=O)NC(CO)C(O)/C=C/CC/C=C/CC/C=C/CCCCCCCCCCCCCCCCCCCCCCCCC. The first-order chi connectivity index (χ1) is 31.7. The summed E-state index contributed by atoms with van der Waals surface area (Å²) < 4.78 is 0. The quantitative estimate of drug-likeness (QED) is 0.0421. The Balaban J connectivity index is 3.61. The summed E-state index contributed by atoms with van der Waals surface area (Å²) in [5.41, 5.74) is 0. The van der Waals surface area contributed by atoms with Crippen LogP contribution in [0.3, 0.4) is 0 Å². The lowest BCUT2D eigenvalue weighted by atomic mass is 10.0. The van der Waals surface area contributed by atoms with Gasteiger partial charge in [0, 0.05) is 6.42 Å². The molecule has 0 aliphatic carbocycles. The Morgan fingerprint density at radius 1 is 0.391 bits per heavy atom. The summed E-state index contributed by atoms with van der Waals surface area (Å²) in [6, 6.07) is -0.671. The van der Waals surface area contributed by atoms with E-state index in [-0.39, 0.29) is 12.5 Å². The minimum absolute atomic E-state index is 0.112. The highest BCUT2D eigenvalue weighted by atomic mass is 16.3. The Hall–Kier alpha value is -2.69. The van der Waals surface area contributed by atoms with Crippen LogP contribution in [-0.4, -0.2) is 34.9 Å². The number of carbonyl (C=O) groups is 1. The number of unbranched alkanes of at least 4 members (excludes halogenated alkanes) is 28. The summed E-state index contributed by atoms with van der Waals surface area (Å²) in [4.78, 5) is 12.4. The Morgan fingerprint density at radius 3 is 1.09 bits per heavy atom. The van der Waals surface area contributed by atoms with Crippen molar-refractivity contribution in [3.05, 3.63) is 97.2 Å². The van der Waals surface area contributed by atoms with Crippen molar-refractivity contribution in [1.82, 2.24) is 5.32 Å². The van der Waals surface area contributed by atoms with Gasteiger partial charge in [0.05, 0.1) is 18.8 Å². The van der Waals surface area contributed by atoms with Crippen molar-refractivity contribution in [2.45, 2.75) is 270 Å². The second-order valence-electron chi connectivity index (χ2n) is 18.2. The topological polar surface area (TPSA) is 69.6 Å². The molecule has 2 unspecified atom stereocenters. The molecule has 0 spiro atoms. The number of aliphatic hydroxyl groups excluding tert-OH is 2. The van der Waals surface area contributed by atoms with Crippen LogP contribution in [0.1, 0.15) is 258 Å². The lowest BCUT2D eigenvalue weighted by molar-refractivity contribution is -0.123. The molecule has 0 aliphatic heterocycles. The molecule has 0 fully saturated rings. The Bertz CT molecular complexity index is 1190. The molecular formula is C60H105NO3. The van der Waals surface area contributed by atoms with Gasteiger partial charge < -0.3 is 15.5 Å². The second kappa shape index (κ2) is 54.6. The molecule has 4 heteroatoms. The molecule has 1 amide bonds. The monoisotopic (exact) mass is 888 g/mol. The molecule has 0 aliphatic rings. The van der Waals surface area contributed by atoms with E-state index in [1.807, 2.05) is 6.08 Å². The maximum atomic E-state index is 12.4. The summed E-state index contributed by atoms with van der Waals surface area (Å²) in [5.74, 6) is -0.112. The van der Waals surface area contributed by atoms with Gasteiger partial charge in [-0.2, -0.15) is 0 Å². The summed E-state index contributed by atoms with van der Waals surface area (Å²) in [6.45, 7) is 4.17. The van der Waals surface area contributed by atoms with Gasteiger partial charge in [0.2, 0.25) is 5.91 Å². The molecule has 0 heterocycles. The predicted octanol–water partition coefficient (Wildman–Crippen LogP) is 18.1. The third-order valence-electron chi connectivity index (χ3n) is 12.0. The van der Waals surface area contributed by atoms with Gasteiger partial charge in [-0.05, 0) is 89.9 Å². The molecule has 368 valence electrons. The van der Waals surface area contributed by atoms with Crippen molar-refractivity contribution >= 4 is 5.91 Å². The summed E-state index contributed by atoms with van der Waals surface area (Å²) >= 11 is 0. The average Bonchev–Trinajstić information content (AvgIpc) is 3.30. The molecule has 4 nitrogen and oxygen atoms in total. The van der Waals surface area contributed by atoms with Crippen LogP contribution >= 0.6 is 0 Å². The molecule has 0 rings (SSSR count). The molecule has 0 aromatic rings. The molecule has 0 aromatic heterocycles. The first-order valence-corrected chi connectivity index (χ1v) is 27.5. The van der Waals surface area contributed by atoms with Gasteiger partial charge in [-0.1, -0.05) is 259 Å². The van der Waals surface area contributed by atoms with Crippen LogP contribution in [0.25, 0.3) is 0 Å². The zero-order chi connectivity index (χ0) is 46.3. The Kier molecular flexibility index (Phi) is 52.3. The molecular weight excluding hydrogens is 783 g/mol. The van der Waals surface area contributed by atoms with Crippen molar-refractivity contribution in [3.8, 4) is 0 Å². The fourth-order valence-electron chi connectivity index (χ4n) is 7.88. The number of carbonyl (C=O) groups excluding carboxylic acids is 1. The highest BCUT2D eigenvalue weighted by molar-refractivity contribution is 5.76. The van der Waals surface area contributed by atoms with E-state index in [2.05, 4.69) is 104 Å². The normalized spacial score (nSPS) is 13.6. The first kappa shape index (κ1) is 61.3. The molecule has 0 bridgehead atoms. The van der Waals surface area contributed by atoms with Crippen molar-refractivity contribution in [2.75, 3.05) is 6.61 Å². The lowest BCUT2D eigenvalue weighted by Crippen LogP contribution is -2.45. The van der Waals surface area contributed by atoms with E-state index in [1.165, 1.54) is 154 Å². The minimum atomic E-state index is -0.892. The largest absolute Gasteiger partial charge is 0.394 e. The summed E-state index contributed by atoms with van der Waals surface area (Å²) in [7, 11) is 0. The van der Waals surface area contributed by atoms with Crippen molar-refractivity contribution in [2.24, 2.45) is 0 Å². The van der Waals surface area contributed by atoms with Gasteiger partial charge in [0.25, 0.3) is 0 Å². The van der Waals surface area contributed by atoms with E-state index in [9.17, 15) is 15.0 Å². The maximum Gasteiger partial charge on any atom is 0.220 e. The van der Waals surface area contributed by atoms with E-state index >= 15 is 0 Å². The van der Waals surface area contributed by atoms with Crippen LogP contribution in [0.5, 0.6) is 0 Å².